The van der Waals surface area contributed by atoms with Gasteiger partial charge in [-0.15, -0.1) is 0 Å². The smallest absolute Gasteiger partial charge is 0.408 e. The summed E-state index contributed by atoms with van der Waals surface area (Å²) in [6, 6.07) is 2.36. The van der Waals surface area contributed by atoms with E-state index in [4.69, 9.17) is 4.74 Å². The second-order valence-corrected chi connectivity index (χ2v) is 6.00. The maximum atomic E-state index is 11.9. The SMILES string of the molecule is COC(=O)C(Cc1ccc(O)cc1[N+](=O)[O-])NC(=O)OC(C)(C)C. The lowest BCUT2D eigenvalue weighted by Crippen LogP contribution is -2.45. The minimum absolute atomic E-state index is 0.157. The Hall–Kier alpha value is -2.84. The monoisotopic (exact) mass is 340 g/mol. The van der Waals surface area contributed by atoms with E-state index in [-0.39, 0.29) is 23.4 Å². The Labute approximate surface area is 138 Å². The number of phenols is 1. The number of carbonyl (C=O) groups is 2. The zero-order valence-electron chi connectivity index (χ0n) is 13.9. The topological polar surface area (TPSA) is 128 Å². The van der Waals surface area contributed by atoms with Gasteiger partial charge in [0.1, 0.15) is 17.4 Å². The maximum absolute atomic E-state index is 11.9. The molecule has 0 spiro atoms. The fourth-order valence-corrected chi connectivity index (χ4v) is 1.90. The van der Waals surface area contributed by atoms with Gasteiger partial charge in [-0.05, 0) is 32.9 Å². The zero-order chi connectivity index (χ0) is 18.5. The number of aromatic hydroxyl groups is 1. The standard InChI is InChI=1S/C15H20N2O7/c1-15(2,3)24-14(20)16-11(13(19)23-4)7-9-5-6-10(18)8-12(9)17(21)22/h5-6,8,11,18H,7H2,1-4H3,(H,16,20). The first-order valence-electron chi connectivity index (χ1n) is 7.07. The summed E-state index contributed by atoms with van der Waals surface area (Å²) in [5.74, 6) is -1.05. The number of nitro groups is 1. The summed E-state index contributed by atoms with van der Waals surface area (Å²) in [5, 5.41) is 22.8. The first-order valence-corrected chi connectivity index (χ1v) is 7.07. The van der Waals surface area contributed by atoms with E-state index in [0.717, 1.165) is 13.2 Å². The second kappa shape index (κ2) is 7.62. The molecule has 24 heavy (non-hydrogen) atoms. The van der Waals surface area contributed by atoms with Crippen LogP contribution in [0.25, 0.3) is 0 Å². The van der Waals surface area contributed by atoms with Crippen molar-refractivity contribution < 1.29 is 29.1 Å². The Balaban J connectivity index is 3.01. The van der Waals surface area contributed by atoms with Gasteiger partial charge in [0.25, 0.3) is 5.69 Å². The lowest BCUT2D eigenvalue weighted by molar-refractivity contribution is -0.385. The van der Waals surface area contributed by atoms with Crippen LogP contribution in [-0.4, -0.2) is 40.8 Å². The Morgan fingerprint density at radius 1 is 1.38 bits per heavy atom. The number of rotatable bonds is 5. The van der Waals surface area contributed by atoms with Gasteiger partial charge in [-0.3, -0.25) is 10.1 Å². The van der Waals surface area contributed by atoms with Gasteiger partial charge in [0.15, 0.2) is 0 Å². The summed E-state index contributed by atoms with van der Waals surface area (Å²) in [7, 11) is 1.14. The van der Waals surface area contributed by atoms with Crippen LogP contribution in [0.2, 0.25) is 0 Å². The van der Waals surface area contributed by atoms with Gasteiger partial charge >= 0.3 is 12.1 Å². The molecule has 0 fully saturated rings. The predicted molar refractivity (Wildman–Crippen MR) is 83.6 cm³/mol. The molecule has 0 aliphatic carbocycles. The van der Waals surface area contributed by atoms with Crippen LogP contribution < -0.4 is 5.32 Å². The highest BCUT2D eigenvalue weighted by Gasteiger charge is 2.28. The summed E-state index contributed by atoms with van der Waals surface area (Å²) in [6.45, 7) is 4.97. The van der Waals surface area contributed by atoms with Crippen molar-refractivity contribution in [1.82, 2.24) is 5.32 Å². The lowest BCUT2D eigenvalue weighted by Gasteiger charge is -2.22. The van der Waals surface area contributed by atoms with E-state index in [9.17, 15) is 24.8 Å². The van der Waals surface area contributed by atoms with Crippen molar-refractivity contribution in [2.45, 2.75) is 38.8 Å². The largest absolute Gasteiger partial charge is 0.508 e. The third kappa shape index (κ3) is 5.75. The number of nitrogens with one attached hydrogen (secondary N) is 1. The first-order chi connectivity index (χ1) is 11.0. The van der Waals surface area contributed by atoms with E-state index >= 15 is 0 Å². The third-order valence-electron chi connectivity index (χ3n) is 2.87. The summed E-state index contributed by atoms with van der Waals surface area (Å²) in [5.41, 5.74) is -0.978. The molecule has 9 nitrogen and oxygen atoms in total. The number of hydrogen-bond acceptors (Lipinski definition) is 7. The molecule has 1 amide bonds. The van der Waals surface area contributed by atoms with Crippen molar-refractivity contribution in [2.75, 3.05) is 7.11 Å². The summed E-state index contributed by atoms with van der Waals surface area (Å²) >= 11 is 0. The van der Waals surface area contributed by atoms with E-state index in [1.54, 1.807) is 20.8 Å². The molecule has 0 bridgehead atoms. The number of hydrogen-bond donors (Lipinski definition) is 2. The van der Waals surface area contributed by atoms with Crippen LogP contribution in [-0.2, 0) is 20.7 Å². The van der Waals surface area contributed by atoms with E-state index in [1.165, 1.54) is 12.1 Å². The number of carbonyl (C=O) groups excluding carboxylic acids is 2. The van der Waals surface area contributed by atoms with Gasteiger partial charge in [0.05, 0.1) is 18.1 Å². The average molecular weight is 340 g/mol. The molecule has 0 radical (unpaired) electrons. The van der Waals surface area contributed by atoms with Crippen LogP contribution in [0.3, 0.4) is 0 Å². The molecule has 1 rings (SSSR count). The van der Waals surface area contributed by atoms with Crippen molar-refractivity contribution in [3.05, 3.63) is 33.9 Å². The minimum atomic E-state index is -1.17. The van der Waals surface area contributed by atoms with Gasteiger partial charge in [-0.1, -0.05) is 0 Å². The number of benzene rings is 1. The van der Waals surface area contributed by atoms with Crippen molar-refractivity contribution in [3.63, 3.8) is 0 Å². The van der Waals surface area contributed by atoms with Gasteiger partial charge in [0.2, 0.25) is 0 Å². The van der Waals surface area contributed by atoms with Crippen molar-refractivity contribution in [1.29, 1.82) is 0 Å². The zero-order valence-corrected chi connectivity index (χ0v) is 13.9. The summed E-state index contributed by atoms with van der Waals surface area (Å²) < 4.78 is 9.68. The van der Waals surface area contributed by atoms with Gasteiger partial charge in [-0.2, -0.15) is 0 Å². The van der Waals surface area contributed by atoms with E-state index < -0.39 is 28.6 Å². The summed E-state index contributed by atoms with van der Waals surface area (Å²) in [4.78, 5) is 34.1. The Kier molecular flexibility index (Phi) is 6.10. The average Bonchev–Trinajstić information content (AvgIpc) is 2.45. The fraction of sp³-hybridized carbons (Fsp3) is 0.467. The molecule has 1 aromatic rings. The van der Waals surface area contributed by atoms with Crippen LogP contribution in [0.15, 0.2) is 18.2 Å². The van der Waals surface area contributed by atoms with Crippen LogP contribution in [0.4, 0.5) is 10.5 Å². The number of nitro benzene ring substituents is 1. The molecule has 0 aliphatic rings. The number of ether oxygens (including phenoxy) is 2. The molecule has 0 saturated heterocycles. The Bertz CT molecular complexity index is 637. The molecular formula is C15H20N2O7. The second-order valence-electron chi connectivity index (χ2n) is 6.00. The molecule has 1 atom stereocenters. The highest BCUT2D eigenvalue weighted by atomic mass is 16.6. The van der Waals surface area contributed by atoms with Crippen molar-refractivity contribution >= 4 is 17.7 Å². The number of methoxy groups -OCH3 is 1. The van der Waals surface area contributed by atoms with Gasteiger partial charge in [-0.25, -0.2) is 9.59 Å². The van der Waals surface area contributed by atoms with Crippen LogP contribution >= 0.6 is 0 Å². The normalized spacial score (nSPS) is 12.2. The molecule has 0 aliphatic heterocycles. The predicted octanol–water partition coefficient (Wildman–Crippen LogP) is 1.91. The van der Waals surface area contributed by atoms with Crippen molar-refractivity contribution in [2.24, 2.45) is 0 Å². The number of amides is 1. The highest BCUT2D eigenvalue weighted by molar-refractivity contribution is 5.81. The number of phenolic OH excluding ortho intramolecular Hbond substituents is 1. The lowest BCUT2D eigenvalue weighted by atomic mass is 10.0. The number of esters is 1. The van der Waals surface area contributed by atoms with Crippen LogP contribution in [0, 0.1) is 10.1 Å². The molecule has 132 valence electrons. The van der Waals surface area contributed by atoms with Crippen molar-refractivity contribution in [3.8, 4) is 5.75 Å². The van der Waals surface area contributed by atoms with E-state index in [1.807, 2.05) is 0 Å². The molecule has 1 unspecified atom stereocenters. The van der Waals surface area contributed by atoms with Gasteiger partial charge in [0, 0.05) is 12.0 Å². The van der Waals surface area contributed by atoms with Gasteiger partial charge < -0.3 is 19.9 Å². The minimum Gasteiger partial charge on any atom is -0.508 e. The third-order valence-corrected chi connectivity index (χ3v) is 2.87. The maximum Gasteiger partial charge on any atom is 0.408 e. The molecule has 0 aromatic heterocycles. The van der Waals surface area contributed by atoms with Crippen LogP contribution in [0.1, 0.15) is 26.3 Å². The molecular weight excluding hydrogens is 320 g/mol. The number of nitrogens with zero attached hydrogens (tertiary/aromatic N) is 1. The Morgan fingerprint density at radius 2 is 2.00 bits per heavy atom. The molecule has 1 aromatic carbocycles. The molecule has 0 saturated carbocycles. The summed E-state index contributed by atoms with van der Waals surface area (Å²) in [6.07, 6.45) is -1.04. The highest BCUT2D eigenvalue weighted by Crippen LogP contribution is 2.25. The molecule has 2 N–H and O–H groups in total. The van der Waals surface area contributed by atoms with Crippen LogP contribution in [0.5, 0.6) is 5.75 Å². The molecule has 0 heterocycles. The van der Waals surface area contributed by atoms with E-state index in [0.29, 0.717) is 0 Å². The fourth-order valence-electron chi connectivity index (χ4n) is 1.90. The molecule has 9 heteroatoms. The first kappa shape index (κ1) is 19.2. The number of alkyl carbamates (subject to hydrolysis) is 1. The Morgan fingerprint density at radius 3 is 2.50 bits per heavy atom. The quantitative estimate of drug-likeness (QED) is 0.476. The van der Waals surface area contributed by atoms with E-state index in [2.05, 4.69) is 10.1 Å².